The lowest BCUT2D eigenvalue weighted by molar-refractivity contribution is -0.145. The third-order valence-corrected chi connectivity index (χ3v) is 5.36. The highest BCUT2D eigenvalue weighted by atomic mass is 16.4. The molecule has 19 heavy (non-hydrogen) atoms. The second-order valence-electron chi connectivity index (χ2n) is 6.47. The van der Waals surface area contributed by atoms with E-state index in [0.717, 1.165) is 25.8 Å². The van der Waals surface area contributed by atoms with E-state index in [1.54, 1.807) is 0 Å². The summed E-state index contributed by atoms with van der Waals surface area (Å²) in [5, 5.41) is 15.6. The van der Waals surface area contributed by atoms with Crippen molar-refractivity contribution in [3.63, 3.8) is 0 Å². The zero-order chi connectivity index (χ0) is 13.6. The van der Waals surface area contributed by atoms with Crippen LogP contribution in [0.1, 0.15) is 26.2 Å². The van der Waals surface area contributed by atoms with Gasteiger partial charge in [0.05, 0.1) is 11.8 Å². The summed E-state index contributed by atoms with van der Waals surface area (Å²) >= 11 is 0. The van der Waals surface area contributed by atoms with Gasteiger partial charge < -0.3 is 15.7 Å². The van der Waals surface area contributed by atoms with Crippen molar-refractivity contribution in [2.24, 2.45) is 29.6 Å². The molecule has 0 aromatic rings. The van der Waals surface area contributed by atoms with E-state index in [4.69, 9.17) is 0 Å². The zero-order valence-corrected chi connectivity index (χ0v) is 11.3. The Labute approximate surface area is 113 Å². The SMILES string of the molecule is CC1CNCC1C(=O)NC1C2CCC(C2)C1C(=O)O. The smallest absolute Gasteiger partial charge is 0.308 e. The number of amides is 1. The van der Waals surface area contributed by atoms with E-state index in [-0.39, 0.29) is 29.7 Å². The average Bonchev–Trinajstić information content (AvgIpc) is 3.03. The molecule has 3 fully saturated rings. The fourth-order valence-corrected chi connectivity index (χ4v) is 4.29. The highest BCUT2D eigenvalue weighted by molar-refractivity contribution is 5.81. The van der Waals surface area contributed by atoms with Gasteiger partial charge in [-0.3, -0.25) is 9.59 Å². The maximum atomic E-state index is 12.3. The molecule has 106 valence electrons. The van der Waals surface area contributed by atoms with Crippen molar-refractivity contribution in [2.75, 3.05) is 13.1 Å². The molecule has 1 saturated heterocycles. The number of carboxylic acid groups (broad SMARTS) is 1. The van der Waals surface area contributed by atoms with Crippen LogP contribution in [-0.2, 0) is 9.59 Å². The van der Waals surface area contributed by atoms with Gasteiger partial charge in [-0.1, -0.05) is 6.92 Å². The van der Waals surface area contributed by atoms with E-state index in [1.807, 2.05) is 0 Å². The van der Waals surface area contributed by atoms with E-state index >= 15 is 0 Å². The largest absolute Gasteiger partial charge is 0.481 e. The van der Waals surface area contributed by atoms with Crippen LogP contribution in [0.3, 0.4) is 0 Å². The minimum absolute atomic E-state index is 0.00595. The lowest BCUT2D eigenvalue weighted by atomic mass is 9.84. The molecule has 0 aromatic heterocycles. The Hall–Kier alpha value is -1.10. The minimum atomic E-state index is -0.741. The van der Waals surface area contributed by atoms with Gasteiger partial charge >= 0.3 is 5.97 Å². The maximum absolute atomic E-state index is 12.3. The number of rotatable bonds is 3. The predicted octanol–water partition coefficient (Wildman–Crippen LogP) is 0.457. The normalized spacial score (nSPS) is 44.5. The highest BCUT2D eigenvalue weighted by Crippen LogP contribution is 2.48. The Morgan fingerprint density at radius 2 is 1.95 bits per heavy atom. The number of aliphatic carboxylic acids is 1. The third kappa shape index (κ3) is 2.14. The Morgan fingerprint density at radius 1 is 1.21 bits per heavy atom. The van der Waals surface area contributed by atoms with Crippen LogP contribution in [0.25, 0.3) is 0 Å². The summed E-state index contributed by atoms with van der Waals surface area (Å²) in [6.07, 6.45) is 3.05. The van der Waals surface area contributed by atoms with Gasteiger partial charge in [0, 0.05) is 12.6 Å². The number of carboxylic acids is 1. The zero-order valence-electron chi connectivity index (χ0n) is 11.3. The lowest BCUT2D eigenvalue weighted by Gasteiger charge is -2.30. The van der Waals surface area contributed by atoms with Crippen molar-refractivity contribution in [2.45, 2.75) is 32.2 Å². The number of carbonyl (C=O) groups excluding carboxylic acids is 1. The van der Waals surface area contributed by atoms with Crippen LogP contribution in [0.4, 0.5) is 0 Å². The fraction of sp³-hybridized carbons (Fsp3) is 0.857. The molecule has 5 heteroatoms. The number of nitrogens with one attached hydrogen (secondary N) is 2. The van der Waals surface area contributed by atoms with Crippen LogP contribution in [0, 0.1) is 29.6 Å². The monoisotopic (exact) mass is 266 g/mol. The molecule has 2 bridgehead atoms. The minimum Gasteiger partial charge on any atom is -0.481 e. The molecule has 2 aliphatic carbocycles. The summed E-state index contributed by atoms with van der Waals surface area (Å²) in [7, 11) is 0. The van der Waals surface area contributed by atoms with E-state index in [9.17, 15) is 14.7 Å². The third-order valence-electron chi connectivity index (χ3n) is 5.36. The molecule has 0 aromatic carbocycles. The second-order valence-corrected chi connectivity index (χ2v) is 6.47. The molecule has 3 aliphatic rings. The summed E-state index contributed by atoms with van der Waals surface area (Å²) in [4.78, 5) is 23.7. The van der Waals surface area contributed by atoms with Crippen LogP contribution < -0.4 is 10.6 Å². The highest BCUT2D eigenvalue weighted by Gasteiger charge is 2.52. The predicted molar refractivity (Wildman–Crippen MR) is 69.4 cm³/mol. The molecule has 3 N–H and O–H groups in total. The molecule has 6 unspecified atom stereocenters. The number of hydrogen-bond donors (Lipinski definition) is 3. The molecule has 2 saturated carbocycles. The van der Waals surface area contributed by atoms with Gasteiger partial charge in [0.2, 0.25) is 5.91 Å². The van der Waals surface area contributed by atoms with E-state index in [0.29, 0.717) is 18.4 Å². The van der Waals surface area contributed by atoms with Crippen LogP contribution >= 0.6 is 0 Å². The van der Waals surface area contributed by atoms with Crippen LogP contribution in [-0.4, -0.2) is 36.1 Å². The molecule has 0 radical (unpaired) electrons. The van der Waals surface area contributed by atoms with Crippen molar-refractivity contribution in [1.82, 2.24) is 10.6 Å². The summed E-state index contributed by atoms with van der Waals surface area (Å²) in [5.41, 5.74) is 0. The van der Waals surface area contributed by atoms with Crippen LogP contribution in [0.2, 0.25) is 0 Å². The van der Waals surface area contributed by atoms with Crippen molar-refractivity contribution in [1.29, 1.82) is 0 Å². The molecule has 5 nitrogen and oxygen atoms in total. The van der Waals surface area contributed by atoms with Crippen molar-refractivity contribution in [3.05, 3.63) is 0 Å². The van der Waals surface area contributed by atoms with Gasteiger partial charge in [0.15, 0.2) is 0 Å². The van der Waals surface area contributed by atoms with E-state index in [1.165, 1.54) is 0 Å². The summed E-state index contributed by atoms with van der Waals surface area (Å²) in [5.74, 6) is -0.0918. The molecule has 3 rings (SSSR count). The molecule has 6 atom stereocenters. The standard InChI is InChI=1S/C14H22N2O3/c1-7-5-15-6-10(7)13(17)16-12-9-3-2-8(4-9)11(12)14(18)19/h7-12,15H,2-6H2,1H3,(H,16,17)(H,18,19). The van der Waals surface area contributed by atoms with E-state index in [2.05, 4.69) is 17.6 Å². The lowest BCUT2D eigenvalue weighted by Crippen LogP contribution is -2.49. The molecule has 0 spiro atoms. The Balaban J connectivity index is 1.68. The Kier molecular flexibility index (Phi) is 3.25. The van der Waals surface area contributed by atoms with E-state index < -0.39 is 5.97 Å². The molecular weight excluding hydrogens is 244 g/mol. The van der Waals surface area contributed by atoms with Gasteiger partial charge in [-0.05, 0) is 43.6 Å². The van der Waals surface area contributed by atoms with Gasteiger partial charge in [0.1, 0.15) is 0 Å². The van der Waals surface area contributed by atoms with Gasteiger partial charge in [-0.25, -0.2) is 0 Å². The first kappa shape index (κ1) is 12.9. The Bertz CT molecular complexity index is 398. The first-order valence-corrected chi connectivity index (χ1v) is 7.32. The average molecular weight is 266 g/mol. The summed E-state index contributed by atoms with van der Waals surface area (Å²) < 4.78 is 0. The van der Waals surface area contributed by atoms with Crippen LogP contribution in [0.15, 0.2) is 0 Å². The number of hydrogen-bond acceptors (Lipinski definition) is 3. The first-order valence-electron chi connectivity index (χ1n) is 7.32. The molecule has 1 aliphatic heterocycles. The van der Waals surface area contributed by atoms with Crippen LogP contribution in [0.5, 0.6) is 0 Å². The summed E-state index contributed by atoms with van der Waals surface area (Å²) in [6, 6.07) is -0.142. The van der Waals surface area contributed by atoms with Gasteiger partial charge in [-0.2, -0.15) is 0 Å². The van der Waals surface area contributed by atoms with Gasteiger partial charge in [-0.15, -0.1) is 0 Å². The number of fused-ring (bicyclic) bond motifs is 2. The van der Waals surface area contributed by atoms with Crippen molar-refractivity contribution in [3.8, 4) is 0 Å². The van der Waals surface area contributed by atoms with Crippen molar-refractivity contribution < 1.29 is 14.7 Å². The van der Waals surface area contributed by atoms with Gasteiger partial charge in [0.25, 0.3) is 0 Å². The molecule has 1 amide bonds. The topological polar surface area (TPSA) is 78.4 Å². The molecule has 1 heterocycles. The first-order chi connectivity index (χ1) is 9.08. The Morgan fingerprint density at radius 3 is 2.58 bits per heavy atom. The second kappa shape index (κ2) is 4.78. The summed E-state index contributed by atoms with van der Waals surface area (Å²) in [6.45, 7) is 3.66. The molecular formula is C14H22N2O3. The van der Waals surface area contributed by atoms with Crippen molar-refractivity contribution >= 4 is 11.9 Å². The quantitative estimate of drug-likeness (QED) is 0.693. The number of carbonyl (C=O) groups is 2. The maximum Gasteiger partial charge on any atom is 0.308 e. The fourth-order valence-electron chi connectivity index (χ4n) is 4.29.